The lowest BCUT2D eigenvalue weighted by molar-refractivity contribution is -0.144. The normalized spacial score (nSPS) is 9.62. The molecule has 0 aliphatic rings. The van der Waals surface area contributed by atoms with Gasteiger partial charge >= 0.3 is 11.9 Å². The van der Waals surface area contributed by atoms with Crippen LogP contribution in [0.25, 0.3) is 0 Å². The molecule has 1 N–H and O–H groups in total. The van der Waals surface area contributed by atoms with Gasteiger partial charge in [-0.15, -0.1) is 0 Å². The monoisotopic (exact) mass is 188 g/mol. The van der Waals surface area contributed by atoms with Crippen LogP contribution >= 0.6 is 0 Å². The number of esters is 1. The maximum Gasteiger partial charge on any atom is 0.305 e. The van der Waals surface area contributed by atoms with Crippen LogP contribution in [0, 0.1) is 0 Å². The lowest BCUT2D eigenvalue weighted by Gasteiger charge is -2.02. The van der Waals surface area contributed by atoms with Crippen LogP contribution in [0.2, 0.25) is 0 Å². The van der Waals surface area contributed by atoms with Crippen molar-refractivity contribution in [1.82, 2.24) is 0 Å². The van der Waals surface area contributed by atoms with Crippen LogP contribution in [0.15, 0.2) is 0 Å². The Balaban J connectivity index is 3.25. The van der Waals surface area contributed by atoms with Gasteiger partial charge in [0.25, 0.3) is 0 Å². The zero-order valence-electron chi connectivity index (χ0n) is 7.91. The number of carbonyl (C=O) groups excluding carboxylic acids is 1. The van der Waals surface area contributed by atoms with Crippen molar-refractivity contribution in [2.24, 2.45) is 0 Å². The van der Waals surface area contributed by atoms with E-state index >= 15 is 0 Å². The van der Waals surface area contributed by atoms with Gasteiger partial charge in [0, 0.05) is 12.8 Å². The van der Waals surface area contributed by atoms with Crippen LogP contribution in [0.3, 0.4) is 0 Å². The third-order valence-electron chi connectivity index (χ3n) is 1.53. The van der Waals surface area contributed by atoms with Gasteiger partial charge in [0.15, 0.2) is 0 Å². The molecule has 0 aromatic rings. The molecule has 76 valence electrons. The highest BCUT2D eigenvalue weighted by Crippen LogP contribution is 1.98. The van der Waals surface area contributed by atoms with Gasteiger partial charge in [-0.05, 0) is 12.8 Å². The van der Waals surface area contributed by atoms with Crippen molar-refractivity contribution in [3.63, 3.8) is 0 Å². The minimum absolute atomic E-state index is 0.0306. The second-order valence-electron chi connectivity index (χ2n) is 2.82. The minimum Gasteiger partial charge on any atom is -0.481 e. The van der Waals surface area contributed by atoms with Crippen LogP contribution in [0.5, 0.6) is 0 Å². The molecule has 0 amide bonds. The molecule has 0 fully saturated rings. The third kappa shape index (κ3) is 8.85. The summed E-state index contributed by atoms with van der Waals surface area (Å²) in [4.78, 5) is 21.0. The van der Waals surface area contributed by atoms with E-state index in [1.807, 2.05) is 6.92 Å². The number of carboxylic acids is 1. The largest absolute Gasteiger partial charge is 0.481 e. The molecule has 0 bridgehead atoms. The Morgan fingerprint density at radius 1 is 1.23 bits per heavy atom. The van der Waals surface area contributed by atoms with Crippen LogP contribution in [0.4, 0.5) is 0 Å². The Hall–Kier alpha value is -1.06. The van der Waals surface area contributed by atoms with Crippen LogP contribution < -0.4 is 0 Å². The first-order chi connectivity index (χ1) is 6.16. The van der Waals surface area contributed by atoms with E-state index in [4.69, 9.17) is 9.84 Å². The van der Waals surface area contributed by atoms with Gasteiger partial charge in [0.2, 0.25) is 0 Å². The van der Waals surface area contributed by atoms with Crippen LogP contribution in [-0.2, 0) is 14.3 Å². The smallest absolute Gasteiger partial charge is 0.305 e. The van der Waals surface area contributed by atoms with Crippen molar-refractivity contribution in [3.8, 4) is 0 Å². The zero-order chi connectivity index (χ0) is 10.1. The highest BCUT2D eigenvalue weighted by atomic mass is 16.5. The highest BCUT2D eigenvalue weighted by Gasteiger charge is 2.03. The first kappa shape index (κ1) is 11.9. The Kier molecular flexibility index (Phi) is 6.96. The van der Waals surface area contributed by atoms with Crippen molar-refractivity contribution < 1.29 is 19.4 Å². The fourth-order valence-corrected chi connectivity index (χ4v) is 0.786. The third-order valence-corrected chi connectivity index (χ3v) is 1.53. The average molecular weight is 188 g/mol. The Labute approximate surface area is 77.9 Å². The molecule has 0 aliphatic carbocycles. The maximum absolute atomic E-state index is 10.9. The SMILES string of the molecule is CCCCOC(=O)CCCC(=O)O. The van der Waals surface area contributed by atoms with Crippen LogP contribution in [-0.4, -0.2) is 23.7 Å². The molecule has 0 radical (unpaired) electrons. The molecular formula is C9H16O4. The van der Waals surface area contributed by atoms with Gasteiger partial charge < -0.3 is 9.84 Å². The summed E-state index contributed by atoms with van der Waals surface area (Å²) in [6.07, 6.45) is 2.45. The number of hydrogen-bond acceptors (Lipinski definition) is 3. The lowest BCUT2D eigenvalue weighted by Crippen LogP contribution is -2.06. The summed E-state index contributed by atoms with van der Waals surface area (Å²) in [7, 11) is 0. The molecule has 0 spiro atoms. The second-order valence-corrected chi connectivity index (χ2v) is 2.82. The van der Waals surface area contributed by atoms with E-state index in [1.165, 1.54) is 0 Å². The molecule has 13 heavy (non-hydrogen) atoms. The molecule has 0 aromatic carbocycles. The van der Waals surface area contributed by atoms with Gasteiger partial charge in [-0.25, -0.2) is 0 Å². The molecule has 0 saturated heterocycles. The van der Waals surface area contributed by atoms with Crippen molar-refractivity contribution in [1.29, 1.82) is 0 Å². The summed E-state index contributed by atoms with van der Waals surface area (Å²) in [6, 6.07) is 0. The Morgan fingerprint density at radius 3 is 2.46 bits per heavy atom. The van der Waals surface area contributed by atoms with Crippen LogP contribution in [0.1, 0.15) is 39.0 Å². The van der Waals surface area contributed by atoms with E-state index in [1.54, 1.807) is 0 Å². The number of rotatable bonds is 7. The van der Waals surface area contributed by atoms with Gasteiger partial charge in [0.1, 0.15) is 0 Å². The molecule has 0 aliphatic heterocycles. The summed E-state index contributed by atoms with van der Waals surface area (Å²) in [6.45, 7) is 2.46. The molecule has 4 nitrogen and oxygen atoms in total. The van der Waals surface area contributed by atoms with Gasteiger partial charge in [-0.1, -0.05) is 13.3 Å². The predicted octanol–water partition coefficient (Wildman–Crippen LogP) is 1.58. The summed E-state index contributed by atoms with van der Waals surface area (Å²) in [5, 5.41) is 8.29. The minimum atomic E-state index is -0.874. The van der Waals surface area contributed by atoms with Crippen molar-refractivity contribution in [3.05, 3.63) is 0 Å². The second kappa shape index (κ2) is 7.58. The molecular weight excluding hydrogens is 172 g/mol. The first-order valence-corrected chi connectivity index (χ1v) is 4.54. The number of carbonyl (C=O) groups is 2. The van der Waals surface area contributed by atoms with Gasteiger partial charge in [0.05, 0.1) is 6.61 Å². The van der Waals surface area contributed by atoms with Crippen molar-refractivity contribution in [2.75, 3.05) is 6.61 Å². The average Bonchev–Trinajstić information content (AvgIpc) is 2.04. The topological polar surface area (TPSA) is 63.6 Å². The Bertz CT molecular complexity index is 165. The van der Waals surface area contributed by atoms with E-state index in [0.29, 0.717) is 13.0 Å². The highest BCUT2D eigenvalue weighted by molar-refractivity contribution is 5.71. The number of hydrogen-bond donors (Lipinski definition) is 1. The summed E-state index contributed by atoms with van der Waals surface area (Å²) < 4.78 is 4.83. The van der Waals surface area contributed by atoms with E-state index in [2.05, 4.69) is 0 Å². The zero-order valence-corrected chi connectivity index (χ0v) is 7.91. The first-order valence-electron chi connectivity index (χ1n) is 4.54. The summed E-state index contributed by atoms with van der Waals surface area (Å²) in [5.41, 5.74) is 0. The summed E-state index contributed by atoms with van der Waals surface area (Å²) in [5.74, 6) is -1.17. The predicted molar refractivity (Wildman–Crippen MR) is 47.4 cm³/mol. The number of carboxylic acid groups (broad SMARTS) is 1. The molecule has 0 atom stereocenters. The molecule has 0 heterocycles. The molecule has 4 heteroatoms. The van der Waals surface area contributed by atoms with E-state index in [-0.39, 0.29) is 18.8 Å². The molecule has 0 rings (SSSR count). The summed E-state index contributed by atoms with van der Waals surface area (Å²) >= 11 is 0. The fraction of sp³-hybridized carbons (Fsp3) is 0.778. The van der Waals surface area contributed by atoms with E-state index in [9.17, 15) is 9.59 Å². The number of aliphatic carboxylic acids is 1. The van der Waals surface area contributed by atoms with Gasteiger partial charge in [-0.2, -0.15) is 0 Å². The Morgan fingerprint density at radius 2 is 1.92 bits per heavy atom. The number of unbranched alkanes of at least 4 members (excludes halogenated alkanes) is 1. The fourth-order valence-electron chi connectivity index (χ4n) is 0.786. The van der Waals surface area contributed by atoms with E-state index in [0.717, 1.165) is 12.8 Å². The standard InChI is InChI=1S/C9H16O4/c1-2-3-7-13-9(12)6-4-5-8(10)11/h2-7H2,1H3,(H,10,11). The van der Waals surface area contributed by atoms with Gasteiger partial charge in [-0.3, -0.25) is 9.59 Å². The molecule has 0 saturated carbocycles. The quantitative estimate of drug-likeness (QED) is 0.486. The molecule has 0 aromatic heterocycles. The van der Waals surface area contributed by atoms with Crippen molar-refractivity contribution >= 4 is 11.9 Å². The lowest BCUT2D eigenvalue weighted by atomic mass is 10.2. The number of ether oxygens (including phenoxy) is 1. The maximum atomic E-state index is 10.9. The van der Waals surface area contributed by atoms with E-state index < -0.39 is 5.97 Å². The van der Waals surface area contributed by atoms with Crippen molar-refractivity contribution in [2.45, 2.75) is 39.0 Å². The molecule has 0 unspecified atom stereocenters.